The maximum atomic E-state index is 6.35. The van der Waals surface area contributed by atoms with Crippen molar-refractivity contribution in [3.63, 3.8) is 0 Å². The quantitative estimate of drug-likeness (QED) is 0.893. The number of halogens is 1. The number of rotatable bonds is 5. The molecule has 0 fully saturated rings. The molecular weight excluding hydrogens is 332 g/mol. The Morgan fingerprint density at radius 3 is 2.62 bits per heavy atom. The Kier molecular flexibility index (Phi) is 5.20. The molecule has 4 nitrogen and oxygen atoms in total. The van der Waals surface area contributed by atoms with E-state index in [-0.39, 0.29) is 12.1 Å². The van der Waals surface area contributed by atoms with Crippen LogP contribution in [0.1, 0.15) is 31.0 Å². The third-order valence-corrected chi connectivity index (χ3v) is 3.49. The van der Waals surface area contributed by atoms with E-state index in [0.717, 1.165) is 21.3 Å². The van der Waals surface area contributed by atoms with E-state index in [2.05, 4.69) is 20.9 Å². The van der Waals surface area contributed by atoms with Crippen molar-refractivity contribution >= 4 is 15.9 Å². The van der Waals surface area contributed by atoms with Gasteiger partial charge in [-0.15, -0.1) is 0 Å². The lowest BCUT2D eigenvalue weighted by Gasteiger charge is -2.17. The zero-order valence-corrected chi connectivity index (χ0v) is 13.9. The highest BCUT2D eigenvalue weighted by Crippen LogP contribution is 2.31. The number of ether oxygens (including phenoxy) is 2. The number of nitrogens with zero attached hydrogens (tertiary/aromatic N) is 1. The molecule has 0 spiro atoms. The number of pyridine rings is 1. The van der Waals surface area contributed by atoms with Crippen molar-refractivity contribution < 1.29 is 9.47 Å². The molecule has 0 saturated heterocycles. The highest BCUT2D eigenvalue weighted by Gasteiger charge is 2.15. The van der Waals surface area contributed by atoms with Gasteiger partial charge in [-0.2, -0.15) is 0 Å². The second-order valence-corrected chi connectivity index (χ2v) is 5.90. The van der Waals surface area contributed by atoms with Gasteiger partial charge in [0.2, 0.25) is 0 Å². The summed E-state index contributed by atoms with van der Waals surface area (Å²) < 4.78 is 12.0. The molecule has 0 aliphatic carbocycles. The summed E-state index contributed by atoms with van der Waals surface area (Å²) in [6.45, 7) is 3.95. The van der Waals surface area contributed by atoms with Crippen molar-refractivity contribution in [1.82, 2.24) is 4.98 Å². The van der Waals surface area contributed by atoms with Crippen LogP contribution in [0.25, 0.3) is 0 Å². The average Bonchev–Trinajstić information content (AvgIpc) is 2.46. The smallest absolute Gasteiger partial charge is 0.138 e. The fraction of sp³-hybridized carbons (Fsp3) is 0.312. The average molecular weight is 351 g/mol. The molecule has 0 aliphatic heterocycles. The van der Waals surface area contributed by atoms with Gasteiger partial charge in [0, 0.05) is 16.2 Å². The molecule has 2 N–H and O–H groups in total. The fourth-order valence-corrected chi connectivity index (χ4v) is 2.40. The molecule has 2 rings (SSSR count). The maximum Gasteiger partial charge on any atom is 0.138 e. The lowest BCUT2D eigenvalue weighted by Crippen LogP contribution is -2.14. The summed E-state index contributed by atoms with van der Waals surface area (Å²) in [5.74, 6) is 1.46. The lowest BCUT2D eigenvalue weighted by molar-refractivity contribution is 0.241. The summed E-state index contributed by atoms with van der Waals surface area (Å²) in [6.07, 6.45) is 3.54. The van der Waals surface area contributed by atoms with Crippen molar-refractivity contribution in [2.45, 2.75) is 26.0 Å². The van der Waals surface area contributed by atoms with Crippen molar-refractivity contribution in [3.8, 4) is 11.5 Å². The zero-order chi connectivity index (χ0) is 15.4. The van der Waals surface area contributed by atoms with Crippen LogP contribution in [-0.4, -0.2) is 18.2 Å². The Labute approximate surface area is 133 Å². The maximum absolute atomic E-state index is 6.35. The van der Waals surface area contributed by atoms with Gasteiger partial charge in [-0.1, -0.05) is 22.0 Å². The first kappa shape index (κ1) is 15.8. The molecule has 0 aliphatic rings. The molecule has 21 heavy (non-hydrogen) atoms. The molecule has 0 bridgehead atoms. The fourth-order valence-electron chi connectivity index (χ4n) is 2.06. The summed E-state index contributed by atoms with van der Waals surface area (Å²) >= 11 is 3.43. The molecule has 1 aromatic heterocycles. The van der Waals surface area contributed by atoms with E-state index in [9.17, 15) is 0 Å². The SMILES string of the molecule is COc1cc(Br)ccc1C(N)c1cncc(OC(C)C)c1. The van der Waals surface area contributed by atoms with E-state index in [1.807, 2.05) is 38.1 Å². The standard InChI is InChI=1S/C16H19BrN2O2/c1-10(2)21-13-6-11(8-19-9-13)16(18)14-5-4-12(17)7-15(14)20-3/h4-10,16H,18H2,1-3H3. The Morgan fingerprint density at radius 1 is 1.19 bits per heavy atom. The zero-order valence-electron chi connectivity index (χ0n) is 12.3. The normalized spacial score (nSPS) is 12.3. The summed E-state index contributed by atoms with van der Waals surface area (Å²) in [5.41, 5.74) is 8.14. The Balaban J connectivity index is 2.33. The van der Waals surface area contributed by atoms with Crippen LogP contribution in [0.15, 0.2) is 41.1 Å². The molecule has 1 aromatic carbocycles. The first-order chi connectivity index (χ1) is 10.0. The second kappa shape index (κ2) is 6.91. The van der Waals surface area contributed by atoms with Crippen LogP contribution in [0.4, 0.5) is 0 Å². The number of hydrogen-bond donors (Lipinski definition) is 1. The van der Waals surface area contributed by atoms with E-state index < -0.39 is 0 Å². The van der Waals surface area contributed by atoms with Crippen LogP contribution >= 0.6 is 15.9 Å². The van der Waals surface area contributed by atoms with Crippen LogP contribution in [0.2, 0.25) is 0 Å². The minimum absolute atomic E-state index is 0.0977. The van der Waals surface area contributed by atoms with Gasteiger partial charge in [0.05, 0.1) is 25.5 Å². The number of methoxy groups -OCH3 is 1. The summed E-state index contributed by atoms with van der Waals surface area (Å²) in [7, 11) is 1.63. The third kappa shape index (κ3) is 3.95. The van der Waals surface area contributed by atoms with Crippen molar-refractivity contribution in [1.29, 1.82) is 0 Å². The molecule has 1 atom stereocenters. The number of benzene rings is 1. The molecule has 0 amide bonds. The van der Waals surface area contributed by atoms with Gasteiger partial charge >= 0.3 is 0 Å². The number of nitrogens with two attached hydrogens (primary N) is 1. The lowest BCUT2D eigenvalue weighted by atomic mass is 10.00. The number of aromatic nitrogens is 1. The van der Waals surface area contributed by atoms with Crippen LogP contribution in [0.5, 0.6) is 11.5 Å². The highest BCUT2D eigenvalue weighted by molar-refractivity contribution is 9.10. The van der Waals surface area contributed by atoms with Gasteiger partial charge in [0.25, 0.3) is 0 Å². The van der Waals surface area contributed by atoms with E-state index in [1.165, 1.54) is 0 Å². The molecule has 2 aromatic rings. The van der Waals surface area contributed by atoms with Crippen LogP contribution in [0.3, 0.4) is 0 Å². The molecule has 1 heterocycles. The second-order valence-electron chi connectivity index (χ2n) is 4.98. The molecule has 0 saturated carbocycles. The van der Waals surface area contributed by atoms with Crippen molar-refractivity contribution in [2.75, 3.05) is 7.11 Å². The van der Waals surface area contributed by atoms with Crippen LogP contribution in [-0.2, 0) is 0 Å². The van der Waals surface area contributed by atoms with Gasteiger partial charge in [0.1, 0.15) is 11.5 Å². The monoisotopic (exact) mass is 350 g/mol. The van der Waals surface area contributed by atoms with E-state index in [4.69, 9.17) is 15.2 Å². The first-order valence-corrected chi connectivity index (χ1v) is 7.51. The minimum Gasteiger partial charge on any atom is -0.496 e. The van der Waals surface area contributed by atoms with Gasteiger partial charge in [0.15, 0.2) is 0 Å². The minimum atomic E-state index is -0.323. The van der Waals surface area contributed by atoms with Crippen molar-refractivity contribution in [2.24, 2.45) is 5.73 Å². The number of hydrogen-bond acceptors (Lipinski definition) is 4. The van der Waals surface area contributed by atoms with Gasteiger partial charge in [-0.25, -0.2) is 0 Å². The predicted octanol–water partition coefficient (Wildman–Crippen LogP) is 3.69. The molecule has 5 heteroatoms. The Morgan fingerprint density at radius 2 is 1.95 bits per heavy atom. The van der Waals surface area contributed by atoms with Gasteiger partial charge < -0.3 is 15.2 Å². The van der Waals surface area contributed by atoms with Gasteiger partial charge in [-0.3, -0.25) is 4.98 Å². The van der Waals surface area contributed by atoms with E-state index in [0.29, 0.717) is 5.75 Å². The largest absolute Gasteiger partial charge is 0.496 e. The van der Waals surface area contributed by atoms with E-state index >= 15 is 0 Å². The van der Waals surface area contributed by atoms with Crippen LogP contribution in [0, 0.1) is 0 Å². The summed E-state index contributed by atoms with van der Waals surface area (Å²) in [5, 5.41) is 0. The highest BCUT2D eigenvalue weighted by atomic mass is 79.9. The Hall–Kier alpha value is -1.59. The topological polar surface area (TPSA) is 57.4 Å². The predicted molar refractivity (Wildman–Crippen MR) is 86.7 cm³/mol. The molecule has 112 valence electrons. The van der Waals surface area contributed by atoms with Crippen LogP contribution < -0.4 is 15.2 Å². The molecule has 1 unspecified atom stereocenters. The molecular formula is C16H19BrN2O2. The van der Waals surface area contributed by atoms with E-state index in [1.54, 1.807) is 19.5 Å². The summed E-state index contributed by atoms with van der Waals surface area (Å²) in [4.78, 5) is 4.20. The van der Waals surface area contributed by atoms with Gasteiger partial charge in [-0.05, 0) is 37.6 Å². The van der Waals surface area contributed by atoms with Crippen molar-refractivity contribution in [3.05, 3.63) is 52.3 Å². The molecule has 0 radical (unpaired) electrons. The Bertz CT molecular complexity index is 617. The third-order valence-electron chi connectivity index (χ3n) is 3.00. The summed E-state index contributed by atoms with van der Waals surface area (Å²) in [6, 6.07) is 7.38. The first-order valence-electron chi connectivity index (χ1n) is 6.72.